The lowest BCUT2D eigenvalue weighted by Gasteiger charge is -2.40. The Morgan fingerprint density at radius 1 is 1.25 bits per heavy atom. The minimum Gasteiger partial charge on any atom is -0.369 e. The van der Waals surface area contributed by atoms with E-state index in [4.69, 9.17) is 5.73 Å². The fraction of sp³-hybridized carbons (Fsp3) is 0.571. The highest BCUT2D eigenvalue weighted by Crippen LogP contribution is 2.29. The average molecular weight is 218 g/mol. The van der Waals surface area contributed by atoms with E-state index in [0.717, 1.165) is 19.5 Å². The van der Waals surface area contributed by atoms with E-state index in [1.165, 1.54) is 23.2 Å². The maximum absolute atomic E-state index is 6.26. The largest absolute Gasteiger partial charge is 0.369 e. The normalized spacial score (nSPS) is 25.9. The molecule has 0 amide bonds. The first-order valence-electron chi connectivity index (χ1n) is 6.10. The van der Waals surface area contributed by atoms with Gasteiger partial charge < -0.3 is 10.6 Å². The molecule has 1 unspecified atom stereocenters. The summed E-state index contributed by atoms with van der Waals surface area (Å²) in [5, 5.41) is 0. The van der Waals surface area contributed by atoms with E-state index in [-0.39, 0.29) is 5.54 Å². The van der Waals surface area contributed by atoms with Crippen molar-refractivity contribution in [2.24, 2.45) is 5.73 Å². The second-order valence-electron chi connectivity index (χ2n) is 5.42. The highest BCUT2D eigenvalue weighted by atomic mass is 15.2. The van der Waals surface area contributed by atoms with Crippen LogP contribution in [0.5, 0.6) is 0 Å². The van der Waals surface area contributed by atoms with Crippen molar-refractivity contribution in [3.63, 3.8) is 0 Å². The first kappa shape index (κ1) is 11.5. The molecule has 16 heavy (non-hydrogen) atoms. The molecule has 1 atom stereocenters. The Hall–Kier alpha value is -1.02. The third kappa shape index (κ3) is 2.22. The zero-order chi connectivity index (χ0) is 11.8. The zero-order valence-corrected chi connectivity index (χ0v) is 10.6. The van der Waals surface area contributed by atoms with Crippen molar-refractivity contribution < 1.29 is 0 Å². The molecule has 1 aliphatic rings. The second-order valence-corrected chi connectivity index (χ2v) is 5.42. The minimum atomic E-state index is -0.0348. The second kappa shape index (κ2) is 4.10. The molecule has 2 nitrogen and oxygen atoms in total. The van der Waals surface area contributed by atoms with Crippen LogP contribution in [-0.2, 0) is 0 Å². The van der Waals surface area contributed by atoms with E-state index in [1.54, 1.807) is 0 Å². The molecule has 0 radical (unpaired) electrons. The van der Waals surface area contributed by atoms with Gasteiger partial charge in [-0.3, -0.25) is 0 Å². The Morgan fingerprint density at radius 3 is 2.44 bits per heavy atom. The summed E-state index contributed by atoms with van der Waals surface area (Å²) in [4.78, 5) is 2.45. The van der Waals surface area contributed by atoms with Crippen molar-refractivity contribution in [1.82, 2.24) is 0 Å². The van der Waals surface area contributed by atoms with Gasteiger partial charge in [0.1, 0.15) is 0 Å². The van der Waals surface area contributed by atoms with Gasteiger partial charge >= 0.3 is 0 Å². The monoisotopic (exact) mass is 218 g/mol. The standard InChI is InChI=1S/C14H22N2/c1-11-6-4-7-12(2)13(11)16-9-5-8-14(3,15)10-16/h4,6-7H,5,8-10,15H2,1-3H3. The molecule has 2 heteroatoms. The van der Waals surface area contributed by atoms with Crippen LogP contribution in [0.4, 0.5) is 5.69 Å². The Bertz CT molecular complexity index is 362. The highest BCUT2D eigenvalue weighted by molar-refractivity contribution is 5.59. The number of hydrogen-bond acceptors (Lipinski definition) is 2. The molecule has 0 aromatic heterocycles. The lowest BCUT2D eigenvalue weighted by Crippen LogP contribution is -2.52. The SMILES string of the molecule is Cc1cccc(C)c1N1CCCC(C)(N)C1. The number of para-hydroxylation sites is 1. The average Bonchev–Trinajstić information content (AvgIpc) is 2.15. The quantitative estimate of drug-likeness (QED) is 0.785. The Morgan fingerprint density at radius 2 is 1.88 bits per heavy atom. The van der Waals surface area contributed by atoms with Crippen LogP contribution in [0.25, 0.3) is 0 Å². The fourth-order valence-electron chi connectivity index (χ4n) is 2.76. The first-order valence-corrected chi connectivity index (χ1v) is 6.10. The van der Waals surface area contributed by atoms with Gasteiger partial charge in [-0.2, -0.15) is 0 Å². The maximum atomic E-state index is 6.26. The number of nitrogens with zero attached hydrogens (tertiary/aromatic N) is 1. The van der Waals surface area contributed by atoms with E-state index in [9.17, 15) is 0 Å². The van der Waals surface area contributed by atoms with Crippen LogP contribution in [0, 0.1) is 13.8 Å². The van der Waals surface area contributed by atoms with Gasteiger partial charge in [0.15, 0.2) is 0 Å². The molecule has 1 aromatic rings. The number of hydrogen-bond donors (Lipinski definition) is 1. The van der Waals surface area contributed by atoms with E-state index < -0.39 is 0 Å². The van der Waals surface area contributed by atoms with Gasteiger partial charge in [0.05, 0.1) is 0 Å². The van der Waals surface area contributed by atoms with Crippen LogP contribution >= 0.6 is 0 Å². The molecular formula is C14H22N2. The van der Waals surface area contributed by atoms with Gasteiger partial charge in [0.2, 0.25) is 0 Å². The van der Waals surface area contributed by atoms with E-state index in [0.29, 0.717) is 0 Å². The lowest BCUT2D eigenvalue weighted by molar-refractivity contribution is 0.374. The number of benzene rings is 1. The topological polar surface area (TPSA) is 29.3 Å². The van der Waals surface area contributed by atoms with Gasteiger partial charge in [0, 0.05) is 24.3 Å². The van der Waals surface area contributed by atoms with Crippen molar-refractivity contribution in [2.45, 2.75) is 39.2 Å². The van der Waals surface area contributed by atoms with E-state index in [2.05, 4.69) is 43.9 Å². The van der Waals surface area contributed by atoms with Crippen LogP contribution in [-0.4, -0.2) is 18.6 Å². The van der Waals surface area contributed by atoms with Crippen molar-refractivity contribution in [2.75, 3.05) is 18.0 Å². The van der Waals surface area contributed by atoms with Gasteiger partial charge in [-0.15, -0.1) is 0 Å². The summed E-state index contributed by atoms with van der Waals surface area (Å²) >= 11 is 0. The Balaban J connectivity index is 2.30. The number of rotatable bonds is 1. The highest BCUT2D eigenvalue weighted by Gasteiger charge is 2.28. The van der Waals surface area contributed by atoms with Crippen LogP contribution < -0.4 is 10.6 Å². The molecule has 0 saturated carbocycles. The summed E-state index contributed by atoms with van der Waals surface area (Å²) < 4.78 is 0. The molecule has 2 rings (SSSR count). The maximum Gasteiger partial charge on any atom is 0.0426 e. The molecule has 1 aliphatic heterocycles. The van der Waals surface area contributed by atoms with Crippen molar-refractivity contribution >= 4 is 5.69 Å². The van der Waals surface area contributed by atoms with Crippen LogP contribution in [0.15, 0.2) is 18.2 Å². The predicted octanol–water partition coefficient (Wildman–Crippen LogP) is 2.62. The van der Waals surface area contributed by atoms with Gasteiger partial charge in [-0.05, 0) is 44.7 Å². The summed E-state index contributed by atoms with van der Waals surface area (Å²) in [7, 11) is 0. The molecule has 1 aromatic carbocycles. The number of piperidine rings is 1. The number of nitrogens with two attached hydrogens (primary N) is 1. The Labute approximate surface area is 98.4 Å². The summed E-state index contributed by atoms with van der Waals surface area (Å²) in [6.07, 6.45) is 2.33. The zero-order valence-electron chi connectivity index (χ0n) is 10.6. The van der Waals surface area contributed by atoms with Gasteiger partial charge in [-0.25, -0.2) is 0 Å². The lowest BCUT2D eigenvalue weighted by atomic mass is 9.91. The van der Waals surface area contributed by atoms with E-state index in [1.807, 2.05) is 0 Å². The van der Waals surface area contributed by atoms with Gasteiger partial charge in [0.25, 0.3) is 0 Å². The molecule has 2 N–H and O–H groups in total. The minimum absolute atomic E-state index is 0.0348. The molecular weight excluding hydrogens is 196 g/mol. The number of anilines is 1. The smallest absolute Gasteiger partial charge is 0.0426 e. The molecule has 88 valence electrons. The fourth-order valence-corrected chi connectivity index (χ4v) is 2.76. The summed E-state index contributed by atoms with van der Waals surface area (Å²) in [5.74, 6) is 0. The molecule has 1 heterocycles. The summed E-state index contributed by atoms with van der Waals surface area (Å²) in [6.45, 7) is 8.64. The summed E-state index contributed by atoms with van der Waals surface area (Å²) in [5.41, 5.74) is 10.3. The van der Waals surface area contributed by atoms with Crippen molar-refractivity contribution in [3.8, 4) is 0 Å². The third-order valence-electron chi connectivity index (χ3n) is 3.48. The third-order valence-corrected chi connectivity index (χ3v) is 3.48. The molecule has 0 aliphatic carbocycles. The van der Waals surface area contributed by atoms with Gasteiger partial charge in [-0.1, -0.05) is 18.2 Å². The predicted molar refractivity (Wildman–Crippen MR) is 70.0 cm³/mol. The van der Waals surface area contributed by atoms with Crippen LogP contribution in [0.2, 0.25) is 0 Å². The van der Waals surface area contributed by atoms with Crippen molar-refractivity contribution in [1.29, 1.82) is 0 Å². The number of aryl methyl sites for hydroxylation is 2. The molecule has 1 saturated heterocycles. The van der Waals surface area contributed by atoms with Crippen LogP contribution in [0.1, 0.15) is 30.9 Å². The first-order chi connectivity index (χ1) is 7.49. The molecule has 1 fully saturated rings. The van der Waals surface area contributed by atoms with Crippen molar-refractivity contribution in [3.05, 3.63) is 29.3 Å². The molecule has 0 spiro atoms. The van der Waals surface area contributed by atoms with Crippen LogP contribution in [0.3, 0.4) is 0 Å². The Kier molecular flexibility index (Phi) is 2.94. The molecule has 0 bridgehead atoms. The summed E-state index contributed by atoms with van der Waals surface area (Å²) in [6, 6.07) is 6.50. The van der Waals surface area contributed by atoms with E-state index >= 15 is 0 Å².